The Morgan fingerprint density at radius 2 is 1.76 bits per heavy atom. The van der Waals surface area contributed by atoms with E-state index in [4.69, 9.17) is 17.3 Å². The van der Waals surface area contributed by atoms with Crippen molar-refractivity contribution in [1.82, 2.24) is 10.2 Å². The van der Waals surface area contributed by atoms with Gasteiger partial charge in [-0.25, -0.2) is 8.78 Å². The summed E-state index contributed by atoms with van der Waals surface area (Å²) in [6.45, 7) is 2.72. The zero-order valence-corrected chi connectivity index (χ0v) is 20.7. The van der Waals surface area contributed by atoms with Crippen LogP contribution in [0.4, 0.5) is 33.3 Å². The first-order valence-electron chi connectivity index (χ1n) is 11.5. The number of anilines is 2. The van der Waals surface area contributed by atoms with Crippen LogP contribution in [-0.4, -0.2) is 61.7 Å². The third-order valence-electron chi connectivity index (χ3n) is 6.06. The Balaban J connectivity index is 1.71. The molecule has 7 nitrogen and oxygen atoms in total. The quantitative estimate of drug-likeness (QED) is 0.414. The molecule has 0 unspecified atom stereocenters. The Hall–Kier alpha value is -2.96. The van der Waals surface area contributed by atoms with E-state index in [0.29, 0.717) is 42.6 Å². The number of amides is 2. The fourth-order valence-electron chi connectivity index (χ4n) is 3.82. The predicted octanol–water partition coefficient (Wildman–Crippen LogP) is 3.91. The van der Waals surface area contributed by atoms with Gasteiger partial charge >= 0.3 is 6.18 Å². The van der Waals surface area contributed by atoms with Crippen LogP contribution in [0.15, 0.2) is 30.3 Å². The second-order valence-electron chi connectivity index (χ2n) is 8.71. The number of benzene rings is 2. The fraction of sp³-hybridized carbons (Fsp3) is 0.417. The summed E-state index contributed by atoms with van der Waals surface area (Å²) in [6, 6.07) is 6.23. The zero-order valence-electron chi connectivity index (χ0n) is 20.0. The van der Waals surface area contributed by atoms with Crippen molar-refractivity contribution in [1.29, 1.82) is 0 Å². The van der Waals surface area contributed by atoms with Gasteiger partial charge in [0.15, 0.2) is 11.6 Å². The lowest BCUT2D eigenvalue weighted by Gasteiger charge is -2.37. The van der Waals surface area contributed by atoms with Crippen molar-refractivity contribution in [2.75, 3.05) is 42.9 Å². The average Bonchev–Trinajstić information content (AvgIpc) is 2.84. The highest BCUT2D eigenvalue weighted by Crippen LogP contribution is 2.31. The van der Waals surface area contributed by atoms with Gasteiger partial charge in [0.2, 0.25) is 5.91 Å². The minimum Gasteiger partial charge on any atom is -0.368 e. The molecule has 1 saturated heterocycles. The second-order valence-corrected chi connectivity index (χ2v) is 9.15. The molecule has 4 N–H and O–H groups in total. The van der Waals surface area contributed by atoms with Gasteiger partial charge in [0.1, 0.15) is 0 Å². The monoisotopic (exact) mass is 547 g/mol. The van der Waals surface area contributed by atoms with Crippen LogP contribution >= 0.6 is 11.6 Å². The number of piperazine rings is 1. The Labute approximate surface area is 215 Å². The van der Waals surface area contributed by atoms with E-state index in [1.807, 2.05) is 4.90 Å². The highest BCUT2D eigenvalue weighted by atomic mass is 35.5. The van der Waals surface area contributed by atoms with E-state index in [1.165, 1.54) is 25.1 Å². The van der Waals surface area contributed by atoms with Gasteiger partial charge in [0.05, 0.1) is 29.4 Å². The number of nitrogens with zero attached hydrogens (tertiary/aromatic N) is 2. The normalized spacial score (nSPS) is 15.5. The van der Waals surface area contributed by atoms with Crippen molar-refractivity contribution in [2.24, 2.45) is 5.73 Å². The van der Waals surface area contributed by atoms with Crippen molar-refractivity contribution >= 4 is 34.8 Å². The summed E-state index contributed by atoms with van der Waals surface area (Å²) in [4.78, 5) is 27.5. The summed E-state index contributed by atoms with van der Waals surface area (Å²) < 4.78 is 66.9. The molecule has 202 valence electrons. The first-order chi connectivity index (χ1) is 17.4. The number of hydrogen-bond acceptors (Lipinski definition) is 5. The largest absolute Gasteiger partial charge is 0.390 e. The molecule has 0 saturated carbocycles. The van der Waals surface area contributed by atoms with Crippen molar-refractivity contribution in [3.8, 4) is 0 Å². The van der Waals surface area contributed by atoms with Gasteiger partial charge in [-0.1, -0.05) is 17.7 Å². The lowest BCUT2D eigenvalue weighted by atomic mass is 10.1. The molecule has 1 fully saturated rings. The van der Waals surface area contributed by atoms with E-state index in [1.54, 1.807) is 11.0 Å². The third-order valence-corrected chi connectivity index (χ3v) is 6.30. The number of hydrogen-bond donors (Lipinski definition) is 3. The first kappa shape index (κ1) is 28.6. The van der Waals surface area contributed by atoms with Crippen LogP contribution in [0.2, 0.25) is 5.02 Å². The van der Waals surface area contributed by atoms with Gasteiger partial charge in [-0.3, -0.25) is 14.5 Å². The van der Waals surface area contributed by atoms with Crippen LogP contribution in [0.5, 0.6) is 0 Å². The molecule has 0 aromatic heterocycles. The topological polar surface area (TPSA) is 90.7 Å². The molecule has 1 atom stereocenters. The van der Waals surface area contributed by atoms with Crippen molar-refractivity contribution < 1.29 is 31.5 Å². The Bertz CT molecular complexity index is 1140. The number of carbonyl (C=O) groups is 2. The van der Waals surface area contributed by atoms with E-state index in [0.717, 1.165) is 6.07 Å². The molecule has 2 aromatic rings. The van der Waals surface area contributed by atoms with Crippen LogP contribution in [0, 0.1) is 11.6 Å². The fourth-order valence-corrected chi connectivity index (χ4v) is 3.99. The average molecular weight is 548 g/mol. The smallest absolute Gasteiger partial charge is 0.368 e. The maximum absolute atomic E-state index is 14.7. The van der Waals surface area contributed by atoms with E-state index in [-0.39, 0.29) is 18.7 Å². The molecular weight excluding hydrogens is 521 g/mol. The molecule has 1 aliphatic heterocycles. The number of carbonyl (C=O) groups excluding carboxylic acids is 2. The van der Waals surface area contributed by atoms with Gasteiger partial charge < -0.3 is 21.3 Å². The first-order valence-corrected chi connectivity index (χ1v) is 11.9. The molecule has 0 bridgehead atoms. The number of rotatable bonds is 9. The molecule has 1 aliphatic rings. The van der Waals surface area contributed by atoms with E-state index >= 15 is 0 Å². The second kappa shape index (κ2) is 12.1. The maximum Gasteiger partial charge on any atom is 0.390 e. The highest BCUT2D eigenvalue weighted by molar-refractivity contribution is 6.31. The van der Waals surface area contributed by atoms with Gasteiger partial charge in [-0.15, -0.1) is 0 Å². The van der Waals surface area contributed by atoms with Crippen LogP contribution in [-0.2, 0) is 11.3 Å². The molecule has 0 radical (unpaired) electrons. The number of alkyl halides is 3. The van der Waals surface area contributed by atoms with Crippen molar-refractivity contribution in [3.05, 3.63) is 58.1 Å². The Morgan fingerprint density at radius 1 is 1.08 bits per heavy atom. The lowest BCUT2D eigenvalue weighted by Crippen LogP contribution is -2.47. The highest BCUT2D eigenvalue weighted by Gasteiger charge is 2.29. The van der Waals surface area contributed by atoms with Gasteiger partial charge in [-0.05, 0) is 31.2 Å². The van der Waals surface area contributed by atoms with E-state index < -0.39 is 47.7 Å². The van der Waals surface area contributed by atoms with E-state index in [9.17, 15) is 31.5 Å². The molecule has 2 aromatic carbocycles. The lowest BCUT2D eigenvalue weighted by molar-refractivity contribution is -0.138. The molecular formula is C24H27ClF5N5O2. The molecule has 37 heavy (non-hydrogen) atoms. The summed E-state index contributed by atoms with van der Waals surface area (Å²) in [7, 11) is 0. The van der Waals surface area contributed by atoms with Crippen LogP contribution in [0.3, 0.4) is 0 Å². The summed E-state index contributed by atoms with van der Waals surface area (Å²) in [6.07, 6.45) is -5.13. The zero-order chi connectivity index (χ0) is 27.3. The molecule has 1 heterocycles. The number of primary amides is 1. The molecule has 2 amide bonds. The van der Waals surface area contributed by atoms with Crippen LogP contribution in [0.1, 0.15) is 29.3 Å². The third kappa shape index (κ3) is 7.76. The minimum atomic E-state index is -4.23. The Kier molecular flexibility index (Phi) is 9.32. The van der Waals surface area contributed by atoms with Crippen molar-refractivity contribution in [2.45, 2.75) is 32.1 Å². The summed E-state index contributed by atoms with van der Waals surface area (Å²) in [5, 5.41) is 5.61. The Morgan fingerprint density at radius 3 is 2.38 bits per heavy atom. The predicted molar refractivity (Wildman–Crippen MR) is 131 cm³/mol. The molecule has 3 rings (SSSR count). The van der Waals surface area contributed by atoms with Crippen LogP contribution < -0.4 is 21.3 Å². The van der Waals surface area contributed by atoms with Crippen molar-refractivity contribution in [3.63, 3.8) is 0 Å². The summed E-state index contributed by atoms with van der Waals surface area (Å²) in [5.41, 5.74) is 5.33. The number of halogens is 6. The van der Waals surface area contributed by atoms with Gasteiger partial charge in [-0.2, -0.15) is 13.2 Å². The number of nitrogens with two attached hydrogens (primary N) is 1. The van der Waals surface area contributed by atoms with Gasteiger partial charge in [0.25, 0.3) is 5.91 Å². The van der Waals surface area contributed by atoms with Gasteiger partial charge in [0, 0.05) is 49.9 Å². The summed E-state index contributed by atoms with van der Waals surface area (Å²) >= 11 is 6.13. The molecule has 0 spiro atoms. The maximum atomic E-state index is 14.7. The number of nitrogens with one attached hydrogen (secondary N) is 2. The SMILES string of the molecule is C[C@@H](NCc1ccc(C(=O)Nc2ccc(Cl)cc2N2CCN(CCC(F)(F)F)CC2)c(F)c1F)C(N)=O. The minimum absolute atomic E-state index is 0.0854. The van der Waals surface area contributed by atoms with Crippen LogP contribution in [0.25, 0.3) is 0 Å². The molecule has 0 aliphatic carbocycles. The van der Waals surface area contributed by atoms with E-state index in [2.05, 4.69) is 10.6 Å². The summed E-state index contributed by atoms with van der Waals surface area (Å²) in [5.74, 6) is -4.13. The molecule has 13 heteroatoms. The standard InChI is InChI=1S/C24H27ClF5N5O2/c1-14(22(31)36)32-13-15-2-4-17(21(27)20(15)26)23(37)33-18-5-3-16(25)12-19(18)35-10-8-34(9-11-35)7-6-24(28,29)30/h2-5,12,14,32H,6-11,13H2,1H3,(H2,31,36)(H,33,37)/t14-/m1/s1.